The van der Waals surface area contributed by atoms with Gasteiger partial charge < -0.3 is 0 Å². The van der Waals surface area contributed by atoms with E-state index in [4.69, 9.17) is 0 Å². The first-order chi connectivity index (χ1) is 29.7. The van der Waals surface area contributed by atoms with E-state index < -0.39 is 0 Å². The van der Waals surface area contributed by atoms with Gasteiger partial charge in [-0.05, 0) is 230 Å². The van der Waals surface area contributed by atoms with Crippen LogP contribution in [-0.2, 0) is 11.8 Å². The SMILES string of the molecule is BrCCCC1CC2C=CC1C2.Brc1ccc2c(c1)C(CCCC1CC3C=CC1C3)(CCCC1CC3C=CC1C3)c1cc(Br)ccc1-2.Brc1ccc2c(c1)Cc1cc(Br)ccc1-2. The van der Waals surface area contributed by atoms with Gasteiger partial charge in [-0.15, -0.1) is 0 Å². The van der Waals surface area contributed by atoms with Crippen LogP contribution < -0.4 is 0 Å². The van der Waals surface area contributed by atoms with Crippen molar-refractivity contribution in [1.82, 2.24) is 0 Å². The van der Waals surface area contributed by atoms with Gasteiger partial charge in [-0.3, -0.25) is 0 Å². The summed E-state index contributed by atoms with van der Waals surface area (Å²) in [7, 11) is 0. The molecule has 318 valence electrons. The van der Waals surface area contributed by atoms with Crippen LogP contribution in [0.15, 0.2) is 127 Å². The van der Waals surface area contributed by atoms with Gasteiger partial charge in [-0.1, -0.05) is 153 Å². The Balaban J connectivity index is 0.000000139. The second kappa shape index (κ2) is 18.8. The molecule has 8 aliphatic carbocycles. The second-order valence-electron chi connectivity index (χ2n) is 20.0. The molecular formula is C56H59Br5. The van der Waals surface area contributed by atoms with Gasteiger partial charge in [0.15, 0.2) is 0 Å². The van der Waals surface area contributed by atoms with E-state index in [1.54, 1.807) is 11.1 Å². The van der Waals surface area contributed by atoms with Crippen molar-refractivity contribution in [3.63, 3.8) is 0 Å². The minimum Gasteiger partial charge on any atom is -0.0928 e. The lowest BCUT2D eigenvalue weighted by Gasteiger charge is -2.34. The molecule has 9 unspecified atom stereocenters. The van der Waals surface area contributed by atoms with E-state index in [2.05, 4.69) is 189 Å². The van der Waals surface area contributed by atoms with Crippen LogP contribution in [0.3, 0.4) is 0 Å². The number of benzene rings is 4. The van der Waals surface area contributed by atoms with E-state index in [0.717, 1.165) is 68.6 Å². The Morgan fingerprint density at radius 2 is 0.803 bits per heavy atom. The van der Waals surface area contributed by atoms with Crippen LogP contribution in [0.2, 0.25) is 0 Å². The highest BCUT2D eigenvalue weighted by Crippen LogP contribution is 2.57. The fourth-order valence-corrected chi connectivity index (χ4v) is 15.5. The summed E-state index contributed by atoms with van der Waals surface area (Å²) >= 11 is 18.2. The summed E-state index contributed by atoms with van der Waals surface area (Å²) in [6.45, 7) is 0. The van der Waals surface area contributed by atoms with Crippen molar-refractivity contribution in [3.05, 3.63) is 149 Å². The fourth-order valence-electron chi connectivity index (χ4n) is 13.6. The fraction of sp³-hybridized carbons (Fsp3) is 0.464. The lowest BCUT2D eigenvalue weighted by Crippen LogP contribution is -2.26. The molecule has 0 nitrogen and oxygen atoms in total. The smallest absolute Gasteiger partial charge is 0.0216 e. The topological polar surface area (TPSA) is 0 Å². The zero-order valence-corrected chi connectivity index (χ0v) is 43.2. The van der Waals surface area contributed by atoms with Gasteiger partial charge in [-0.25, -0.2) is 0 Å². The van der Waals surface area contributed by atoms with Gasteiger partial charge in [0.1, 0.15) is 0 Å². The van der Waals surface area contributed by atoms with Crippen molar-refractivity contribution in [3.8, 4) is 22.3 Å². The molecule has 3 fully saturated rings. The van der Waals surface area contributed by atoms with Gasteiger partial charge in [0, 0.05) is 28.6 Å². The second-order valence-corrected chi connectivity index (χ2v) is 24.4. The first kappa shape index (κ1) is 43.4. The maximum atomic E-state index is 3.84. The van der Waals surface area contributed by atoms with Gasteiger partial charge >= 0.3 is 0 Å². The zero-order chi connectivity index (χ0) is 41.7. The van der Waals surface area contributed by atoms with Crippen LogP contribution in [0, 0.1) is 53.3 Å². The molecule has 4 aromatic rings. The molecule has 0 heterocycles. The Bertz CT molecular complexity index is 2190. The summed E-state index contributed by atoms with van der Waals surface area (Å²) in [4.78, 5) is 0. The highest BCUT2D eigenvalue weighted by atomic mass is 79.9. The highest BCUT2D eigenvalue weighted by Gasteiger charge is 2.44. The van der Waals surface area contributed by atoms with Crippen molar-refractivity contribution in [1.29, 1.82) is 0 Å². The Morgan fingerprint density at radius 1 is 0.426 bits per heavy atom. The Kier molecular flexibility index (Phi) is 13.4. The third-order valence-corrected chi connectivity index (χ3v) is 18.9. The minimum absolute atomic E-state index is 0.152. The number of allylic oxidation sites excluding steroid dienone is 6. The summed E-state index contributed by atoms with van der Waals surface area (Å²) in [5.74, 6) is 8.30. The molecule has 0 amide bonds. The third kappa shape index (κ3) is 9.07. The van der Waals surface area contributed by atoms with E-state index >= 15 is 0 Å². The molecule has 8 aliphatic rings. The lowest BCUT2D eigenvalue weighted by atomic mass is 9.69. The molecule has 0 radical (unpaired) electrons. The number of alkyl halides is 1. The normalized spacial score (nSPS) is 29.0. The number of halogens is 5. The maximum absolute atomic E-state index is 3.84. The van der Waals surface area contributed by atoms with Crippen molar-refractivity contribution < 1.29 is 0 Å². The number of fused-ring (bicyclic) bond motifs is 12. The largest absolute Gasteiger partial charge is 0.0928 e. The number of hydrogen-bond donors (Lipinski definition) is 0. The lowest BCUT2D eigenvalue weighted by molar-refractivity contribution is 0.332. The van der Waals surface area contributed by atoms with Crippen LogP contribution in [-0.4, -0.2) is 5.33 Å². The molecule has 9 atom stereocenters. The molecule has 0 aromatic heterocycles. The summed E-state index contributed by atoms with van der Waals surface area (Å²) in [5.41, 5.74) is 11.8. The zero-order valence-electron chi connectivity index (χ0n) is 35.3. The molecule has 3 saturated carbocycles. The third-order valence-electron chi connectivity index (χ3n) is 16.4. The van der Waals surface area contributed by atoms with Crippen molar-refractivity contribution in [2.75, 3.05) is 5.33 Å². The number of hydrogen-bond acceptors (Lipinski definition) is 0. The predicted octanol–water partition coefficient (Wildman–Crippen LogP) is 18.4. The van der Waals surface area contributed by atoms with Gasteiger partial charge in [0.05, 0.1) is 0 Å². The standard InChI is InChI=1S/C33H36Br2.C13H8Br2.C10H15Br/c34-27-9-11-29-30-12-10-28(35)20-32(30)33(31(29)19-27,13-1-3-23-15-21-5-7-25(23)17-21)14-2-4-24-16-22-6-8-26(24)18-22;14-10-1-3-12-8(6-10)5-9-7-11(15)2-4-13(9)12;11-5-1-2-9-6-8-3-4-10(9)7-8/h5-12,19-26H,1-4,13-18H2;1-4,6-7H,5H2;3-4,8-10H,1-2,5-7H2. The minimum atomic E-state index is 0.152. The summed E-state index contributed by atoms with van der Waals surface area (Å²) in [5, 5.41) is 1.19. The van der Waals surface area contributed by atoms with Crippen molar-refractivity contribution in [2.24, 2.45) is 53.3 Å². The molecule has 0 aliphatic heterocycles. The van der Waals surface area contributed by atoms with Crippen molar-refractivity contribution in [2.45, 2.75) is 102 Å². The van der Waals surface area contributed by atoms with Crippen LogP contribution in [0.5, 0.6) is 0 Å². The summed E-state index contributed by atoms with van der Waals surface area (Å²) < 4.78 is 4.77. The van der Waals surface area contributed by atoms with Gasteiger partial charge in [0.2, 0.25) is 0 Å². The summed E-state index contributed by atoms with van der Waals surface area (Å²) in [6.07, 6.45) is 35.5. The Hall–Kier alpha value is -1.50. The molecule has 0 spiro atoms. The average molecular weight is 1130 g/mol. The van der Waals surface area contributed by atoms with Gasteiger partial charge in [-0.2, -0.15) is 0 Å². The molecule has 0 N–H and O–H groups in total. The van der Waals surface area contributed by atoms with E-state index in [1.165, 1.54) is 138 Å². The van der Waals surface area contributed by atoms with E-state index in [-0.39, 0.29) is 5.41 Å². The van der Waals surface area contributed by atoms with Crippen LogP contribution in [0.4, 0.5) is 0 Å². The van der Waals surface area contributed by atoms with Crippen LogP contribution >= 0.6 is 79.6 Å². The van der Waals surface area contributed by atoms with Crippen LogP contribution in [0.1, 0.15) is 112 Å². The first-order valence-corrected chi connectivity index (χ1v) is 27.8. The average Bonchev–Trinajstić information content (AvgIpc) is 4.14. The molecular weight excluding hydrogens is 1070 g/mol. The molecule has 12 rings (SSSR count). The molecule has 6 bridgehead atoms. The van der Waals surface area contributed by atoms with Crippen molar-refractivity contribution >= 4 is 79.6 Å². The molecule has 4 aromatic carbocycles. The summed E-state index contributed by atoms with van der Waals surface area (Å²) in [6, 6.07) is 27.2. The number of rotatable bonds is 11. The molecule has 5 heteroatoms. The predicted molar refractivity (Wildman–Crippen MR) is 275 cm³/mol. The first-order valence-electron chi connectivity index (χ1n) is 23.5. The maximum Gasteiger partial charge on any atom is 0.0216 e. The monoisotopic (exact) mass is 1130 g/mol. The highest BCUT2D eigenvalue weighted by molar-refractivity contribution is 9.11. The molecule has 0 saturated heterocycles. The molecule has 61 heavy (non-hydrogen) atoms. The van der Waals surface area contributed by atoms with E-state index in [0.29, 0.717) is 0 Å². The van der Waals surface area contributed by atoms with E-state index in [9.17, 15) is 0 Å². The Labute approximate surface area is 408 Å². The van der Waals surface area contributed by atoms with Crippen LogP contribution in [0.25, 0.3) is 22.3 Å². The van der Waals surface area contributed by atoms with E-state index in [1.807, 2.05) is 0 Å². The Morgan fingerprint density at radius 3 is 1.16 bits per heavy atom. The quantitative estimate of drug-likeness (QED) is 0.0913. The van der Waals surface area contributed by atoms with Gasteiger partial charge in [0.25, 0.3) is 0 Å².